The molecule has 1 N–H and O–H groups in total. The maximum absolute atomic E-state index is 12.5. The molecule has 0 aliphatic rings. The topological polar surface area (TPSA) is 66.0 Å². The highest BCUT2D eigenvalue weighted by molar-refractivity contribution is 5.70. The first-order valence-electron chi connectivity index (χ1n) is 8.63. The van der Waals surface area contributed by atoms with Gasteiger partial charge in [-0.15, -0.1) is 0 Å². The molecule has 1 amide bonds. The van der Waals surface area contributed by atoms with Gasteiger partial charge in [-0.25, -0.2) is 4.79 Å². The molecule has 2 aromatic carbocycles. The standard InChI is InChI=1S/C21H27NO5/c1-21(2,3)27-20(23)22-19(14-10-8-7-9-11-14)15-12-17(25-5)18(26-6)13-16(15)24-4/h7-13,19H,1-6H3,(H,22,23). The number of rotatable bonds is 6. The molecule has 0 aromatic heterocycles. The Balaban J connectivity index is 2.52. The van der Waals surface area contributed by atoms with Crippen LogP contribution in [0.25, 0.3) is 0 Å². The molecule has 6 heteroatoms. The number of benzene rings is 2. The van der Waals surface area contributed by atoms with E-state index < -0.39 is 17.7 Å². The van der Waals surface area contributed by atoms with Crippen molar-refractivity contribution in [1.29, 1.82) is 0 Å². The Labute approximate surface area is 160 Å². The minimum absolute atomic E-state index is 0.490. The fourth-order valence-corrected chi connectivity index (χ4v) is 2.69. The number of carbonyl (C=O) groups is 1. The molecule has 0 heterocycles. The number of carbonyl (C=O) groups excluding carboxylic acids is 1. The first-order valence-corrected chi connectivity index (χ1v) is 8.63. The maximum atomic E-state index is 12.5. The number of hydrogen-bond donors (Lipinski definition) is 1. The molecule has 1 unspecified atom stereocenters. The second-order valence-corrected chi connectivity index (χ2v) is 6.94. The normalized spacial score (nSPS) is 12.1. The summed E-state index contributed by atoms with van der Waals surface area (Å²) >= 11 is 0. The highest BCUT2D eigenvalue weighted by atomic mass is 16.6. The van der Waals surface area contributed by atoms with E-state index in [1.54, 1.807) is 33.5 Å². The molecule has 0 spiro atoms. The molecule has 0 saturated heterocycles. The van der Waals surface area contributed by atoms with Crippen molar-refractivity contribution in [3.05, 3.63) is 53.6 Å². The first-order chi connectivity index (χ1) is 12.8. The van der Waals surface area contributed by atoms with E-state index in [0.29, 0.717) is 17.2 Å². The lowest BCUT2D eigenvalue weighted by Crippen LogP contribution is -2.35. The Bertz CT molecular complexity index is 768. The molecule has 27 heavy (non-hydrogen) atoms. The van der Waals surface area contributed by atoms with Crippen LogP contribution >= 0.6 is 0 Å². The lowest BCUT2D eigenvalue weighted by atomic mass is 9.97. The molecule has 0 fully saturated rings. The van der Waals surface area contributed by atoms with E-state index in [4.69, 9.17) is 18.9 Å². The summed E-state index contributed by atoms with van der Waals surface area (Å²) in [6, 6.07) is 12.6. The molecule has 146 valence electrons. The average molecular weight is 373 g/mol. The number of nitrogens with one attached hydrogen (secondary N) is 1. The lowest BCUT2D eigenvalue weighted by Gasteiger charge is -2.26. The summed E-state index contributed by atoms with van der Waals surface area (Å²) in [6.45, 7) is 5.46. The zero-order valence-corrected chi connectivity index (χ0v) is 16.7. The van der Waals surface area contributed by atoms with Crippen LogP contribution < -0.4 is 19.5 Å². The van der Waals surface area contributed by atoms with Crippen molar-refractivity contribution in [3.8, 4) is 17.2 Å². The summed E-state index contributed by atoms with van der Waals surface area (Å²) in [7, 11) is 4.69. The van der Waals surface area contributed by atoms with Crippen LogP contribution in [0.1, 0.15) is 37.9 Å². The fourth-order valence-electron chi connectivity index (χ4n) is 2.69. The molecule has 0 radical (unpaired) electrons. The largest absolute Gasteiger partial charge is 0.496 e. The van der Waals surface area contributed by atoms with Crippen LogP contribution in [0, 0.1) is 0 Å². The molecule has 2 rings (SSSR count). The van der Waals surface area contributed by atoms with Crippen LogP contribution in [-0.4, -0.2) is 33.0 Å². The van der Waals surface area contributed by atoms with Crippen molar-refractivity contribution in [1.82, 2.24) is 5.32 Å². The Morgan fingerprint density at radius 2 is 1.44 bits per heavy atom. The van der Waals surface area contributed by atoms with Gasteiger partial charge in [0.25, 0.3) is 0 Å². The number of ether oxygens (including phenoxy) is 4. The van der Waals surface area contributed by atoms with Gasteiger partial charge in [-0.3, -0.25) is 0 Å². The minimum Gasteiger partial charge on any atom is -0.496 e. The smallest absolute Gasteiger partial charge is 0.408 e. The van der Waals surface area contributed by atoms with Gasteiger partial charge in [-0.2, -0.15) is 0 Å². The van der Waals surface area contributed by atoms with E-state index in [2.05, 4.69) is 5.32 Å². The average Bonchev–Trinajstić information content (AvgIpc) is 2.64. The van der Waals surface area contributed by atoms with Gasteiger partial charge in [-0.1, -0.05) is 30.3 Å². The molecular weight excluding hydrogens is 346 g/mol. The van der Waals surface area contributed by atoms with E-state index in [1.807, 2.05) is 51.1 Å². The van der Waals surface area contributed by atoms with E-state index in [-0.39, 0.29) is 0 Å². The van der Waals surface area contributed by atoms with Crippen LogP contribution in [0.15, 0.2) is 42.5 Å². The van der Waals surface area contributed by atoms with Gasteiger partial charge in [0.05, 0.1) is 27.4 Å². The maximum Gasteiger partial charge on any atom is 0.408 e. The van der Waals surface area contributed by atoms with Crippen molar-refractivity contribution >= 4 is 6.09 Å². The SMILES string of the molecule is COc1cc(OC)c(C(NC(=O)OC(C)(C)C)c2ccccc2)cc1OC. The summed E-state index contributed by atoms with van der Waals surface area (Å²) in [5.41, 5.74) is 1.01. The van der Waals surface area contributed by atoms with Crippen molar-refractivity contribution in [2.75, 3.05) is 21.3 Å². The zero-order chi connectivity index (χ0) is 20.0. The third-order valence-corrected chi connectivity index (χ3v) is 3.84. The van der Waals surface area contributed by atoms with Crippen LogP contribution in [0.3, 0.4) is 0 Å². The van der Waals surface area contributed by atoms with Gasteiger partial charge < -0.3 is 24.3 Å². The lowest BCUT2D eigenvalue weighted by molar-refractivity contribution is 0.0512. The van der Waals surface area contributed by atoms with Gasteiger partial charge in [-0.05, 0) is 32.4 Å². The van der Waals surface area contributed by atoms with Gasteiger partial charge in [0.15, 0.2) is 11.5 Å². The fraction of sp³-hybridized carbons (Fsp3) is 0.381. The zero-order valence-electron chi connectivity index (χ0n) is 16.7. The quantitative estimate of drug-likeness (QED) is 0.816. The molecule has 1 atom stereocenters. The monoisotopic (exact) mass is 373 g/mol. The van der Waals surface area contributed by atoms with Crippen molar-refractivity contribution in [2.45, 2.75) is 32.4 Å². The van der Waals surface area contributed by atoms with Crippen molar-refractivity contribution in [2.24, 2.45) is 0 Å². The Hall–Kier alpha value is -2.89. The number of methoxy groups -OCH3 is 3. The number of alkyl carbamates (subject to hydrolysis) is 1. The Morgan fingerprint density at radius 1 is 0.889 bits per heavy atom. The highest BCUT2D eigenvalue weighted by Gasteiger charge is 2.25. The molecule has 6 nitrogen and oxygen atoms in total. The number of hydrogen-bond acceptors (Lipinski definition) is 5. The van der Waals surface area contributed by atoms with Crippen LogP contribution in [0.2, 0.25) is 0 Å². The summed E-state index contributed by atoms with van der Waals surface area (Å²) < 4.78 is 21.8. The molecule has 0 aliphatic carbocycles. The predicted molar refractivity (Wildman–Crippen MR) is 104 cm³/mol. The van der Waals surface area contributed by atoms with Gasteiger partial charge >= 0.3 is 6.09 Å². The summed E-state index contributed by atoms with van der Waals surface area (Å²) in [4.78, 5) is 12.5. The van der Waals surface area contributed by atoms with E-state index in [1.165, 1.54) is 0 Å². The molecular formula is C21H27NO5. The Morgan fingerprint density at radius 3 is 1.96 bits per heavy atom. The third-order valence-electron chi connectivity index (χ3n) is 3.84. The summed E-state index contributed by atoms with van der Waals surface area (Å²) in [5, 5.41) is 2.93. The summed E-state index contributed by atoms with van der Waals surface area (Å²) in [5.74, 6) is 1.65. The third kappa shape index (κ3) is 5.29. The first kappa shape index (κ1) is 20.4. The Kier molecular flexibility index (Phi) is 6.55. The minimum atomic E-state index is -0.604. The van der Waals surface area contributed by atoms with Crippen LogP contribution in [0.4, 0.5) is 4.79 Å². The van der Waals surface area contributed by atoms with Crippen LogP contribution in [0.5, 0.6) is 17.2 Å². The van der Waals surface area contributed by atoms with Crippen LogP contribution in [-0.2, 0) is 4.74 Å². The van der Waals surface area contributed by atoms with Gasteiger partial charge in [0.1, 0.15) is 11.4 Å². The van der Waals surface area contributed by atoms with Gasteiger partial charge in [0.2, 0.25) is 0 Å². The molecule has 0 aliphatic heterocycles. The predicted octanol–water partition coefficient (Wildman–Crippen LogP) is 4.33. The van der Waals surface area contributed by atoms with Crippen molar-refractivity contribution < 1.29 is 23.7 Å². The second-order valence-electron chi connectivity index (χ2n) is 6.94. The highest BCUT2D eigenvalue weighted by Crippen LogP contribution is 2.39. The van der Waals surface area contributed by atoms with Gasteiger partial charge in [0, 0.05) is 11.6 Å². The van der Waals surface area contributed by atoms with E-state index in [0.717, 1.165) is 11.1 Å². The number of amides is 1. The molecule has 0 bridgehead atoms. The molecule has 0 saturated carbocycles. The second kappa shape index (κ2) is 8.66. The van der Waals surface area contributed by atoms with Crippen molar-refractivity contribution in [3.63, 3.8) is 0 Å². The molecule has 2 aromatic rings. The summed E-state index contributed by atoms with van der Waals surface area (Å²) in [6.07, 6.45) is -0.520. The van der Waals surface area contributed by atoms with E-state index >= 15 is 0 Å². The van der Waals surface area contributed by atoms with E-state index in [9.17, 15) is 4.79 Å².